The average Bonchev–Trinajstić information content (AvgIpc) is 3.01. The van der Waals surface area contributed by atoms with Gasteiger partial charge in [0.25, 0.3) is 5.91 Å². The van der Waals surface area contributed by atoms with Gasteiger partial charge >= 0.3 is 0 Å². The molecule has 3 rings (SSSR count). The van der Waals surface area contributed by atoms with Gasteiger partial charge in [-0.05, 0) is 38.1 Å². The van der Waals surface area contributed by atoms with Gasteiger partial charge in [0.1, 0.15) is 11.5 Å². The number of methoxy groups -OCH3 is 1. The van der Waals surface area contributed by atoms with Crippen LogP contribution in [0.5, 0.6) is 11.5 Å². The van der Waals surface area contributed by atoms with Crippen LogP contribution in [0.1, 0.15) is 24.6 Å². The molecule has 0 bridgehead atoms. The van der Waals surface area contributed by atoms with Crippen LogP contribution >= 0.6 is 12.4 Å². The molecule has 1 aromatic heterocycles. The number of amides is 1. The van der Waals surface area contributed by atoms with Crippen LogP contribution in [0.15, 0.2) is 24.3 Å². The minimum atomic E-state index is -0.282. The van der Waals surface area contributed by atoms with Crippen LogP contribution in [0, 0.1) is 0 Å². The van der Waals surface area contributed by atoms with Gasteiger partial charge in [-0.15, -0.1) is 12.4 Å². The predicted octanol–water partition coefficient (Wildman–Crippen LogP) is 1.73. The van der Waals surface area contributed by atoms with Crippen molar-refractivity contribution >= 4 is 24.3 Å². The van der Waals surface area contributed by atoms with Gasteiger partial charge in [0.05, 0.1) is 7.11 Å². The Morgan fingerprint density at radius 2 is 2.08 bits per heavy atom. The smallest absolute Gasteiger partial charge is 0.264 e. The van der Waals surface area contributed by atoms with E-state index in [2.05, 4.69) is 20.7 Å². The largest absolute Gasteiger partial charge is 0.497 e. The van der Waals surface area contributed by atoms with Crippen molar-refractivity contribution in [1.82, 2.24) is 20.1 Å². The van der Waals surface area contributed by atoms with Crippen LogP contribution in [0.2, 0.25) is 0 Å². The molecule has 0 spiro atoms. The summed E-state index contributed by atoms with van der Waals surface area (Å²) in [4.78, 5) is 16.6. The van der Waals surface area contributed by atoms with Crippen molar-refractivity contribution in [3.8, 4) is 11.5 Å². The maximum atomic E-state index is 12.1. The molecule has 1 aliphatic heterocycles. The van der Waals surface area contributed by atoms with Gasteiger partial charge in [0.15, 0.2) is 12.4 Å². The Balaban J connectivity index is 0.00000243. The van der Waals surface area contributed by atoms with E-state index >= 15 is 0 Å². The number of aryl methyl sites for hydroxylation is 1. The number of nitrogens with zero attached hydrogens (tertiary/aromatic N) is 3. The Hall–Kier alpha value is -2.32. The first-order chi connectivity index (χ1) is 12.2. The van der Waals surface area contributed by atoms with E-state index in [9.17, 15) is 4.79 Å². The van der Waals surface area contributed by atoms with Crippen molar-refractivity contribution in [3.63, 3.8) is 0 Å². The number of benzene rings is 1. The minimum Gasteiger partial charge on any atom is -0.497 e. The van der Waals surface area contributed by atoms with E-state index in [-0.39, 0.29) is 24.9 Å². The highest BCUT2D eigenvalue weighted by Gasteiger charge is 2.21. The summed E-state index contributed by atoms with van der Waals surface area (Å²) >= 11 is 0. The van der Waals surface area contributed by atoms with Crippen LogP contribution < -0.4 is 20.1 Å². The quantitative estimate of drug-likeness (QED) is 0.792. The molecule has 26 heavy (non-hydrogen) atoms. The number of nitrogens with one attached hydrogen (secondary N) is 2. The van der Waals surface area contributed by atoms with E-state index in [0.29, 0.717) is 23.4 Å². The number of ether oxygens (including phenoxy) is 2. The summed E-state index contributed by atoms with van der Waals surface area (Å²) in [7, 11) is 3.36. The van der Waals surface area contributed by atoms with Crippen LogP contribution in [0.4, 0.5) is 5.95 Å². The van der Waals surface area contributed by atoms with Gasteiger partial charge in [-0.2, -0.15) is 10.1 Å². The van der Waals surface area contributed by atoms with Crippen LogP contribution in [-0.4, -0.2) is 47.5 Å². The molecule has 1 saturated heterocycles. The molecular formula is C17H24ClN5O3. The molecule has 1 aromatic carbocycles. The van der Waals surface area contributed by atoms with Crippen LogP contribution in [0.25, 0.3) is 0 Å². The first kappa shape index (κ1) is 20.0. The number of hydrogen-bond donors (Lipinski definition) is 2. The molecule has 0 saturated carbocycles. The summed E-state index contributed by atoms with van der Waals surface area (Å²) in [5, 5.41) is 10.5. The molecule has 0 unspecified atom stereocenters. The zero-order valence-corrected chi connectivity index (χ0v) is 15.7. The second-order valence-electron chi connectivity index (χ2n) is 5.96. The second kappa shape index (κ2) is 9.40. The Morgan fingerprint density at radius 1 is 1.35 bits per heavy atom. The monoisotopic (exact) mass is 381 g/mol. The Bertz CT molecular complexity index is 731. The Labute approximate surface area is 158 Å². The van der Waals surface area contributed by atoms with Crippen molar-refractivity contribution < 1.29 is 14.3 Å². The summed E-state index contributed by atoms with van der Waals surface area (Å²) in [6.45, 7) is 1.83. The number of hydrogen-bond acceptors (Lipinski definition) is 6. The summed E-state index contributed by atoms with van der Waals surface area (Å²) in [6, 6.07) is 7.12. The van der Waals surface area contributed by atoms with E-state index in [1.165, 1.54) is 0 Å². The molecule has 2 N–H and O–H groups in total. The first-order valence-corrected chi connectivity index (χ1v) is 8.34. The lowest BCUT2D eigenvalue weighted by Crippen LogP contribution is -2.27. The van der Waals surface area contributed by atoms with Gasteiger partial charge in [0, 0.05) is 19.0 Å². The molecule has 1 aliphatic rings. The summed E-state index contributed by atoms with van der Waals surface area (Å²) in [5.41, 5.74) is 0. The van der Waals surface area contributed by atoms with Gasteiger partial charge < -0.3 is 14.8 Å². The van der Waals surface area contributed by atoms with Crippen molar-refractivity contribution in [2.24, 2.45) is 7.05 Å². The maximum absolute atomic E-state index is 12.1. The van der Waals surface area contributed by atoms with Gasteiger partial charge in [-0.25, -0.2) is 4.68 Å². The van der Waals surface area contributed by atoms with Crippen molar-refractivity contribution in [2.75, 3.05) is 32.1 Å². The van der Waals surface area contributed by atoms with E-state index < -0.39 is 0 Å². The lowest BCUT2D eigenvalue weighted by molar-refractivity contribution is -0.118. The molecule has 1 fully saturated rings. The third-order valence-corrected chi connectivity index (χ3v) is 4.15. The van der Waals surface area contributed by atoms with Crippen molar-refractivity contribution in [2.45, 2.75) is 18.8 Å². The number of carbonyl (C=O) groups is 1. The highest BCUT2D eigenvalue weighted by atomic mass is 35.5. The molecule has 1 amide bonds. The summed E-state index contributed by atoms with van der Waals surface area (Å²) in [5.74, 6) is 2.53. The summed E-state index contributed by atoms with van der Waals surface area (Å²) < 4.78 is 12.2. The molecule has 142 valence electrons. The number of carbonyl (C=O) groups excluding carboxylic acids is 1. The molecule has 8 nitrogen and oxygen atoms in total. The molecule has 2 heterocycles. The zero-order valence-electron chi connectivity index (χ0n) is 14.9. The number of anilines is 1. The molecule has 0 aliphatic carbocycles. The minimum absolute atomic E-state index is 0. The van der Waals surface area contributed by atoms with Gasteiger partial charge in [-0.3, -0.25) is 10.1 Å². The molecule has 2 aromatic rings. The van der Waals surface area contributed by atoms with E-state index in [4.69, 9.17) is 9.47 Å². The maximum Gasteiger partial charge on any atom is 0.264 e. The van der Waals surface area contributed by atoms with E-state index in [1.54, 1.807) is 37.0 Å². The first-order valence-electron chi connectivity index (χ1n) is 8.34. The zero-order chi connectivity index (χ0) is 17.6. The number of aromatic nitrogens is 3. The molecule has 0 radical (unpaired) electrons. The summed E-state index contributed by atoms with van der Waals surface area (Å²) in [6.07, 6.45) is 2.02. The predicted molar refractivity (Wildman–Crippen MR) is 100 cm³/mol. The lowest BCUT2D eigenvalue weighted by atomic mass is 9.98. The SMILES string of the molecule is COc1cccc(OCC(=O)Nc2nc(C3CCNCC3)nn2C)c1.Cl. The topological polar surface area (TPSA) is 90.3 Å². The third kappa shape index (κ3) is 5.09. The van der Waals surface area contributed by atoms with Gasteiger partial charge in [0.2, 0.25) is 5.95 Å². The van der Waals surface area contributed by atoms with Gasteiger partial charge in [-0.1, -0.05) is 6.07 Å². The lowest BCUT2D eigenvalue weighted by Gasteiger charge is -2.19. The van der Waals surface area contributed by atoms with E-state index in [1.807, 2.05) is 6.07 Å². The van der Waals surface area contributed by atoms with Crippen LogP contribution in [-0.2, 0) is 11.8 Å². The highest BCUT2D eigenvalue weighted by Crippen LogP contribution is 2.23. The molecular weight excluding hydrogens is 358 g/mol. The molecule has 0 atom stereocenters. The Morgan fingerprint density at radius 3 is 2.81 bits per heavy atom. The number of halogens is 1. The van der Waals surface area contributed by atoms with Crippen molar-refractivity contribution in [1.29, 1.82) is 0 Å². The van der Waals surface area contributed by atoms with Crippen LogP contribution in [0.3, 0.4) is 0 Å². The number of rotatable bonds is 6. The average molecular weight is 382 g/mol. The Kier molecular flexibility index (Phi) is 7.23. The fraction of sp³-hybridized carbons (Fsp3) is 0.471. The normalized spacial score (nSPS) is 14.4. The number of piperidine rings is 1. The molecule has 9 heteroatoms. The second-order valence-corrected chi connectivity index (χ2v) is 5.96. The standard InChI is InChI=1S/C17H23N5O3.ClH/c1-22-17(20-16(21-22)12-6-8-18-9-7-12)19-15(23)11-25-14-5-3-4-13(10-14)24-2;/h3-5,10,12,18H,6-9,11H2,1-2H3,(H,19,20,21,23);1H. The highest BCUT2D eigenvalue weighted by molar-refractivity contribution is 5.90. The fourth-order valence-electron chi connectivity index (χ4n) is 2.77. The third-order valence-electron chi connectivity index (χ3n) is 4.15. The fourth-order valence-corrected chi connectivity index (χ4v) is 2.77. The van der Waals surface area contributed by atoms with Crippen molar-refractivity contribution in [3.05, 3.63) is 30.1 Å². The van der Waals surface area contributed by atoms with E-state index in [0.717, 1.165) is 31.8 Å².